The lowest BCUT2D eigenvalue weighted by molar-refractivity contribution is -0.129. The van der Waals surface area contributed by atoms with Gasteiger partial charge in [-0.3, -0.25) is 4.79 Å². The van der Waals surface area contributed by atoms with Crippen LogP contribution >= 0.6 is 11.8 Å². The minimum atomic E-state index is 0.0433. The Morgan fingerprint density at radius 1 is 1.15 bits per heavy atom. The number of benzene rings is 2. The molecule has 3 rings (SSSR count). The highest BCUT2D eigenvalue weighted by Crippen LogP contribution is 2.39. The van der Waals surface area contributed by atoms with Gasteiger partial charge in [0.2, 0.25) is 5.91 Å². The smallest absolute Gasteiger partial charge is 0.233 e. The van der Waals surface area contributed by atoms with Gasteiger partial charge in [-0.05, 0) is 56.5 Å². The minimum absolute atomic E-state index is 0.0433. The quantitative estimate of drug-likeness (QED) is 0.671. The SMILES string of the molecule is COc1ccc(OC)c(C2CCCN2C(=O)CSc2cc(C)ccc2C)c1. The molecule has 0 saturated carbocycles. The maximum Gasteiger partial charge on any atom is 0.233 e. The summed E-state index contributed by atoms with van der Waals surface area (Å²) in [5.41, 5.74) is 3.46. The standard InChI is InChI=1S/C22H27NO3S/c1-15-7-8-16(2)21(12-15)27-14-22(24)23-11-5-6-19(23)18-13-17(25-3)9-10-20(18)26-4/h7-10,12-13,19H,5-6,11,14H2,1-4H3. The average molecular weight is 386 g/mol. The van der Waals surface area contributed by atoms with Crippen LogP contribution in [-0.2, 0) is 4.79 Å². The first-order valence-corrected chi connectivity index (χ1v) is 10.2. The van der Waals surface area contributed by atoms with E-state index in [1.54, 1.807) is 26.0 Å². The van der Waals surface area contributed by atoms with Gasteiger partial charge in [0.05, 0.1) is 26.0 Å². The molecule has 1 atom stereocenters. The van der Waals surface area contributed by atoms with Crippen LogP contribution in [0.25, 0.3) is 0 Å². The lowest BCUT2D eigenvalue weighted by Crippen LogP contribution is -2.32. The van der Waals surface area contributed by atoms with E-state index in [9.17, 15) is 4.79 Å². The molecular formula is C22H27NO3S. The number of amides is 1. The van der Waals surface area contributed by atoms with E-state index in [1.165, 1.54) is 16.0 Å². The summed E-state index contributed by atoms with van der Waals surface area (Å²) >= 11 is 1.62. The van der Waals surface area contributed by atoms with E-state index < -0.39 is 0 Å². The Balaban J connectivity index is 1.76. The van der Waals surface area contributed by atoms with E-state index in [1.807, 2.05) is 23.1 Å². The lowest BCUT2D eigenvalue weighted by Gasteiger charge is -2.26. The Labute approximate surface area is 165 Å². The van der Waals surface area contributed by atoms with Crippen molar-refractivity contribution in [1.29, 1.82) is 0 Å². The van der Waals surface area contributed by atoms with Gasteiger partial charge >= 0.3 is 0 Å². The highest BCUT2D eigenvalue weighted by Gasteiger charge is 2.32. The molecule has 1 heterocycles. The third kappa shape index (κ3) is 4.41. The molecule has 0 spiro atoms. The van der Waals surface area contributed by atoms with Crippen molar-refractivity contribution >= 4 is 17.7 Å². The number of likely N-dealkylation sites (tertiary alicyclic amines) is 1. The first kappa shape index (κ1) is 19.6. The van der Waals surface area contributed by atoms with Gasteiger partial charge in [0.1, 0.15) is 11.5 Å². The largest absolute Gasteiger partial charge is 0.497 e. The van der Waals surface area contributed by atoms with Gasteiger partial charge in [-0.2, -0.15) is 0 Å². The molecule has 0 aromatic heterocycles. The van der Waals surface area contributed by atoms with Gasteiger partial charge in [0, 0.05) is 17.0 Å². The molecule has 2 aromatic rings. The molecule has 1 unspecified atom stereocenters. The summed E-state index contributed by atoms with van der Waals surface area (Å²) in [6.07, 6.45) is 1.95. The Hall–Kier alpha value is -2.14. The maximum absolute atomic E-state index is 13.0. The van der Waals surface area contributed by atoms with E-state index in [-0.39, 0.29) is 11.9 Å². The van der Waals surface area contributed by atoms with E-state index in [4.69, 9.17) is 9.47 Å². The van der Waals surface area contributed by atoms with Gasteiger partial charge in [-0.1, -0.05) is 17.7 Å². The summed E-state index contributed by atoms with van der Waals surface area (Å²) < 4.78 is 10.9. The Morgan fingerprint density at radius 2 is 1.96 bits per heavy atom. The second kappa shape index (κ2) is 8.70. The second-order valence-electron chi connectivity index (χ2n) is 6.91. The number of rotatable bonds is 6. The van der Waals surface area contributed by atoms with Crippen LogP contribution in [-0.4, -0.2) is 37.3 Å². The van der Waals surface area contributed by atoms with Gasteiger partial charge in [0.15, 0.2) is 0 Å². The van der Waals surface area contributed by atoms with E-state index in [0.717, 1.165) is 36.4 Å². The molecule has 4 nitrogen and oxygen atoms in total. The number of ether oxygens (including phenoxy) is 2. The normalized spacial score (nSPS) is 16.4. The highest BCUT2D eigenvalue weighted by atomic mass is 32.2. The Bertz CT molecular complexity index is 821. The number of carbonyl (C=O) groups is 1. The van der Waals surface area contributed by atoms with Crippen LogP contribution in [0.3, 0.4) is 0 Å². The predicted octanol–water partition coefficient (Wildman–Crippen LogP) is 4.78. The molecule has 1 aliphatic heterocycles. The fourth-order valence-electron chi connectivity index (χ4n) is 3.57. The van der Waals surface area contributed by atoms with Gasteiger partial charge in [-0.25, -0.2) is 0 Å². The molecule has 1 saturated heterocycles. The van der Waals surface area contributed by atoms with Crippen LogP contribution in [0, 0.1) is 13.8 Å². The summed E-state index contributed by atoms with van der Waals surface area (Å²) in [5.74, 6) is 2.22. The molecule has 1 fully saturated rings. The molecule has 1 aliphatic rings. The Morgan fingerprint density at radius 3 is 2.70 bits per heavy atom. The van der Waals surface area contributed by atoms with Gasteiger partial charge < -0.3 is 14.4 Å². The van der Waals surface area contributed by atoms with Gasteiger partial charge in [-0.15, -0.1) is 11.8 Å². The third-order valence-electron chi connectivity index (χ3n) is 5.06. The zero-order valence-electron chi connectivity index (χ0n) is 16.5. The molecule has 0 N–H and O–H groups in total. The van der Waals surface area contributed by atoms with Crippen LogP contribution in [0.4, 0.5) is 0 Å². The summed E-state index contributed by atoms with van der Waals surface area (Å²) in [5, 5.41) is 0. The highest BCUT2D eigenvalue weighted by molar-refractivity contribution is 8.00. The van der Waals surface area contributed by atoms with Crippen LogP contribution < -0.4 is 9.47 Å². The molecule has 2 aromatic carbocycles. The zero-order valence-corrected chi connectivity index (χ0v) is 17.3. The summed E-state index contributed by atoms with van der Waals surface area (Å²) in [6.45, 7) is 4.96. The van der Waals surface area contributed by atoms with Crippen molar-refractivity contribution in [3.05, 3.63) is 53.1 Å². The molecule has 5 heteroatoms. The van der Waals surface area contributed by atoms with E-state index in [0.29, 0.717) is 5.75 Å². The monoisotopic (exact) mass is 385 g/mol. The maximum atomic E-state index is 13.0. The zero-order chi connectivity index (χ0) is 19.4. The number of methoxy groups -OCH3 is 2. The molecule has 0 aliphatic carbocycles. The molecule has 0 radical (unpaired) electrons. The van der Waals surface area contributed by atoms with Crippen molar-refractivity contribution in [1.82, 2.24) is 4.90 Å². The van der Waals surface area contributed by atoms with Crippen LogP contribution in [0.5, 0.6) is 11.5 Å². The molecule has 1 amide bonds. The first-order valence-electron chi connectivity index (χ1n) is 9.25. The van der Waals surface area contributed by atoms with Crippen molar-refractivity contribution in [2.45, 2.75) is 37.6 Å². The number of carbonyl (C=O) groups excluding carboxylic acids is 1. The average Bonchev–Trinajstić information content (AvgIpc) is 3.17. The predicted molar refractivity (Wildman–Crippen MR) is 110 cm³/mol. The van der Waals surface area contributed by atoms with Crippen LogP contribution in [0.1, 0.15) is 35.6 Å². The third-order valence-corrected chi connectivity index (χ3v) is 6.21. The lowest BCUT2D eigenvalue weighted by atomic mass is 10.0. The minimum Gasteiger partial charge on any atom is -0.497 e. The molecule has 0 bridgehead atoms. The van der Waals surface area contributed by atoms with E-state index in [2.05, 4.69) is 32.0 Å². The summed E-state index contributed by atoms with van der Waals surface area (Å²) in [6, 6.07) is 12.2. The van der Waals surface area contributed by atoms with Crippen molar-refractivity contribution in [3.8, 4) is 11.5 Å². The van der Waals surface area contributed by atoms with E-state index >= 15 is 0 Å². The van der Waals surface area contributed by atoms with Crippen molar-refractivity contribution in [2.75, 3.05) is 26.5 Å². The number of aryl methyl sites for hydroxylation is 2. The summed E-state index contributed by atoms with van der Waals surface area (Å²) in [4.78, 5) is 16.2. The fraction of sp³-hybridized carbons (Fsp3) is 0.409. The van der Waals surface area contributed by atoms with Gasteiger partial charge in [0.25, 0.3) is 0 Å². The second-order valence-corrected chi connectivity index (χ2v) is 7.93. The van der Waals surface area contributed by atoms with Crippen molar-refractivity contribution in [3.63, 3.8) is 0 Å². The number of nitrogens with zero attached hydrogens (tertiary/aromatic N) is 1. The fourth-order valence-corrected chi connectivity index (χ4v) is 4.58. The van der Waals surface area contributed by atoms with Crippen LogP contribution in [0.2, 0.25) is 0 Å². The first-order chi connectivity index (χ1) is 13.0. The number of hydrogen-bond acceptors (Lipinski definition) is 4. The van der Waals surface area contributed by atoms with Crippen LogP contribution in [0.15, 0.2) is 41.3 Å². The topological polar surface area (TPSA) is 38.8 Å². The van der Waals surface area contributed by atoms with Crippen molar-refractivity contribution < 1.29 is 14.3 Å². The number of thioether (sulfide) groups is 1. The molecule has 144 valence electrons. The van der Waals surface area contributed by atoms with Crippen molar-refractivity contribution in [2.24, 2.45) is 0 Å². The molecule has 27 heavy (non-hydrogen) atoms. The summed E-state index contributed by atoms with van der Waals surface area (Å²) in [7, 11) is 3.33. The number of hydrogen-bond donors (Lipinski definition) is 0. The molecular weight excluding hydrogens is 358 g/mol. The Kier molecular flexibility index (Phi) is 6.32.